The Balaban J connectivity index is 2.00. The molecule has 1 aromatic heterocycles. The van der Waals surface area contributed by atoms with Gasteiger partial charge in [-0.1, -0.05) is 6.42 Å². The fourth-order valence-electron chi connectivity index (χ4n) is 2.30. The van der Waals surface area contributed by atoms with Gasteiger partial charge in [0.05, 0.1) is 0 Å². The lowest BCUT2D eigenvalue weighted by Crippen LogP contribution is -2.34. The summed E-state index contributed by atoms with van der Waals surface area (Å²) in [5.74, 6) is 0.679. The first-order chi connectivity index (χ1) is 8.56. The van der Waals surface area contributed by atoms with E-state index in [-0.39, 0.29) is 17.9 Å². The van der Waals surface area contributed by atoms with Crippen LogP contribution in [-0.2, 0) is 4.79 Å². The molecule has 2 rings (SSSR count). The number of rotatable bonds is 2. The zero-order valence-corrected chi connectivity index (χ0v) is 12.0. The van der Waals surface area contributed by atoms with Crippen LogP contribution < -0.4 is 11.1 Å². The van der Waals surface area contributed by atoms with Crippen molar-refractivity contribution in [2.24, 2.45) is 11.7 Å². The molecule has 1 aliphatic rings. The first kappa shape index (κ1) is 13.5. The normalized spacial score (nSPS) is 23.7. The first-order valence-corrected chi connectivity index (χ1v) is 7.04. The highest BCUT2D eigenvalue weighted by Crippen LogP contribution is 2.25. The number of carbonyl (C=O) groups is 1. The van der Waals surface area contributed by atoms with Crippen molar-refractivity contribution in [1.29, 1.82) is 0 Å². The van der Waals surface area contributed by atoms with Gasteiger partial charge in [-0.15, -0.1) is 0 Å². The summed E-state index contributed by atoms with van der Waals surface area (Å²) in [7, 11) is 0. The van der Waals surface area contributed by atoms with Crippen LogP contribution in [0.4, 0.5) is 5.82 Å². The van der Waals surface area contributed by atoms with Crippen LogP contribution >= 0.6 is 15.9 Å². The van der Waals surface area contributed by atoms with Crippen molar-refractivity contribution >= 4 is 27.7 Å². The van der Waals surface area contributed by atoms with E-state index in [4.69, 9.17) is 5.73 Å². The Hall–Kier alpha value is -0.940. The van der Waals surface area contributed by atoms with Crippen LogP contribution in [0.15, 0.2) is 16.7 Å². The van der Waals surface area contributed by atoms with E-state index in [1.807, 2.05) is 13.0 Å². The molecule has 2 unspecified atom stereocenters. The molecule has 18 heavy (non-hydrogen) atoms. The number of nitrogens with zero attached hydrogens (tertiary/aromatic N) is 1. The molecule has 4 nitrogen and oxygen atoms in total. The van der Waals surface area contributed by atoms with Gasteiger partial charge in [0.15, 0.2) is 0 Å². The molecule has 5 heteroatoms. The fourth-order valence-corrected chi connectivity index (χ4v) is 2.52. The number of hydrogen-bond donors (Lipinski definition) is 2. The van der Waals surface area contributed by atoms with Crippen molar-refractivity contribution in [3.05, 3.63) is 22.3 Å². The van der Waals surface area contributed by atoms with Gasteiger partial charge in [-0.05, 0) is 53.7 Å². The van der Waals surface area contributed by atoms with Crippen LogP contribution in [0.3, 0.4) is 0 Å². The number of aryl methyl sites for hydroxylation is 1. The summed E-state index contributed by atoms with van der Waals surface area (Å²) in [4.78, 5) is 16.3. The van der Waals surface area contributed by atoms with Crippen molar-refractivity contribution in [2.75, 3.05) is 5.32 Å². The van der Waals surface area contributed by atoms with Gasteiger partial charge < -0.3 is 11.1 Å². The van der Waals surface area contributed by atoms with E-state index in [9.17, 15) is 4.79 Å². The SMILES string of the molecule is Cc1cc(NC(=O)C2CCCC(N)C2)ncc1Br. The Labute approximate surface area is 115 Å². The third-order valence-corrected chi connectivity index (χ3v) is 4.21. The molecule has 0 radical (unpaired) electrons. The molecule has 0 saturated heterocycles. The molecule has 0 aliphatic heterocycles. The number of amides is 1. The predicted octanol–water partition coefficient (Wildman–Crippen LogP) is 2.61. The molecule has 1 amide bonds. The van der Waals surface area contributed by atoms with Crippen molar-refractivity contribution in [3.8, 4) is 0 Å². The van der Waals surface area contributed by atoms with E-state index < -0.39 is 0 Å². The van der Waals surface area contributed by atoms with Crippen LogP contribution in [0.5, 0.6) is 0 Å². The topological polar surface area (TPSA) is 68.0 Å². The smallest absolute Gasteiger partial charge is 0.228 e. The van der Waals surface area contributed by atoms with Gasteiger partial charge in [0.25, 0.3) is 0 Å². The number of halogens is 1. The average molecular weight is 312 g/mol. The second-order valence-corrected chi connectivity index (χ2v) is 5.79. The van der Waals surface area contributed by atoms with E-state index in [1.165, 1.54) is 0 Å². The lowest BCUT2D eigenvalue weighted by atomic mass is 9.85. The van der Waals surface area contributed by atoms with Crippen LogP contribution in [0.2, 0.25) is 0 Å². The van der Waals surface area contributed by atoms with E-state index in [2.05, 4.69) is 26.2 Å². The minimum atomic E-state index is 0.0273. The fraction of sp³-hybridized carbons (Fsp3) is 0.538. The number of nitrogens with one attached hydrogen (secondary N) is 1. The zero-order chi connectivity index (χ0) is 13.1. The molecule has 98 valence electrons. The quantitative estimate of drug-likeness (QED) is 0.882. The Kier molecular flexibility index (Phi) is 4.35. The molecule has 0 aromatic carbocycles. The Bertz CT molecular complexity index is 450. The second kappa shape index (κ2) is 5.80. The molecule has 3 N–H and O–H groups in total. The maximum atomic E-state index is 12.1. The first-order valence-electron chi connectivity index (χ1n) is 6.25. The number of aromatic nitrogens is 1. The third kappa shape index (κ3) is 3.29. The lowest BCUT2D eigenvalue weighted by Gasteiger charge is -2.25. The molecule has 0 bridgehead atoms. The largest absolute Gasteiger partial charge is 0.328 e. The van der Waals surface area contributed by atoms with Crippen molar-refractivity contribution in [1.82, 2.24) is 4.98 Å². The monoisotopic (exact) mass is 311 g/mol. The highest BCUT2D eigenvalue weighted by Gasteiger charge is 2.25. The maximum Gasteiger partial charge on any atom is 0.228 e. The van der Waals surface area contributed by atoms with Gasteiger partial charge in [-0.25, -0.2) is 4.98 Å². The summed E-state index contributed by atoms with van der Waals surface area (Å²) in [5.41, 5.74) is 6.95. The van der Waals surface area contributed by atoms with Gasteiger partial charge in [0.2, 0.25) is 5.91 Å². The summed E-state index contributed by atoms with van der Waals surface area (Å²) in [6.45, 7) is 1.97. The van der Waals surface area contributed by atoms with Gasteiger partial charge in [0.1, 0.15) is 5.82 Å². The van der Waals surface area contributed by atoms with Gasteiger partial charge in [0, 0.05) is 22.6 Å². The third-order valence-electron chi connectivity index (χ3n) is 3.38. The molecule has 1 aromatic rings. The van der Waals surface area contributed by atoms with Crippen LogP contribution in [0.25, 0.3) is 0 Å². The van der Waals surface area contributed by atoms with Gasteiger partial charge >= 0.3 is 0 Å². The summed E-state index contributed by atoms with van der Waals surface area (Å²) in [6, 6.07) is 2.03. The molecule has 1 saturated carbocycles. The molecular weight excluding hydrogens is 294 g/mol. The number of carbonyl (C=O) groups excluding carboxylic acids is 1. The summed E-state index contributed by atoms with van der Waals surface area (Å²) in [5, 5.41) is 2.87. The number of anilines is 1. The van der Waals surface area contributed by atoms with Crippen LogP contribution in [0.1, 0.15) is 31.2 Å². The minimum Gasteiger partial charge on any atom is -0.328 e. The Morgan fingerprint density at radius 2 is 2.33 bits per heavy atom. The van der Waals surface area contributed by atoms with Crippen LogP contribution in [0, 0.1) is 12.8 Å². The summed E-state index contributed by atoms with van der Waals surface area (Å²) < 4.78 is 0.945. The Morgan fingerprint density at radius 1 is 1.56 bits per heavy atom. The maximum absolute atomic E-state index is 12.1. The second-order valence-electron chi connectivity index (χ2n) is 4.93. The number of pyridine rings is 1. The standard InChI is InChI=1S/C13H18BrN3O/c1-8-5-12(16-7-11(8)14)17-13(18)9-3-2-4-10(15)6-9/h5,7,9-10H,2-4,6,15H2,1H3,(H,16,17,18). The molecule has 1 aliphatic carbocycles. The summed E-state index contributed by atoms with van der Waals surface area (Å²) >= 11 is 3.39. The van der Waals surface area contributed by atoms with E-state index in [0.717, 1.165) is 35.7 Å². The van der Waals surface area contributed by atoms with Crippen molar-refractivity contribution in [2.45, 2.75) is 38.6 Å². The van der Waals surface area contributed by atoms with E-state index in [0.29, 0.717) is 5.82 Å². The molecule has 1 heterocycles. The predicted molar refractivity (Wildman–Crippen MR) is 75.2 cm³/mol. The molecule has 1 fully saturated rings. The highest BCUT2D eigenvalue weighted by atomic mass is 79.9. The van der Waals surface area contributed by atoms with Crippen molar-refractivity contribution in [3.63, 3.8) is 0 Å². The van der Waals surface area contributed by atoms with Gasteiger partial charge in [-0.2, -0.15) is 0 Å². The van der Waals surface area contributed by atoms with Crippen LogP contribution in [-0.4, -0.2) is 16.9 Å². The van der Waals surface area contributed by atoms with Crippen molar-refractivity contribution < 1.29 is 4.79 Å². The minimum absolute atomic E-state index is 0.0273. The Morgan fingerprint density at radius 3 is 3.00 bits per heavy atom. The van der Waals surface area contributed by atoms with E-state index in [1.54, 1.807) is 6.20 Å². The molecular formula is C13H18BrN3O. The lowest BCUT2D eigenvalue weighted by molar-refractivity contribution is -0.120. The average Bonchev–Trinajstić information content (AvgIpc) is 2.34. The number of hydrogen-bond acceptors (Lipinski definition) is 3. The highest BCUT2D eigenvalue weighted by molar-refractivity contribution is 9.10. The number of nitrogens with two attached hydrogens (primary N) is 1. The molecule has 2 atom stereocenters. The molecule has 0 spiro atoms. The van der Waals surface area contributed by atoms with Gasteiger partial charge in [-0.3, -0.25) is 4.79 Å². The summed E-state index contributed by atoms with van der Waals surface area (Å²) in [6.07, 6.45) is 5.47. The van der Waals surface area contributed by atoms with E-state index >= 15 is 0 Å². The zero-order valence-electron chi connectivity index (χ0n) is 10.4.